The van der Waals surface area contributed by atoms with E-state index in [1.54, 1.807) is 26.8 Å². The molecule has 0 amide bonds. The van der Waals surface area contributed by atoms with Crippen molar-refractivity contribution in [3.8, 4) is 0 Å². The SMILES string of the molecule is C=C(C(=O)OCC)C(C)O/C(=C\C)OC. The van der Waals surface area contributed by atoms with Crippen LogP contribution in [0.1, 0.15) is 20.8 Å². The third-order valence-electron chi connectivity index (χ3n) is 1.76. The minimum Gasteiger partial charge on any atom is -0.469 e. The van der Waals surface area contributed by atoms with Crippen LogP contribution in [0.25, 0.3) is 0 Å². The predicted octanol–water partition coefficient (Wildman–Crippen LogP) is 2.02. The summed E-state index contributed by atoms with van der Waals surface area (Å²) in [7, 11) is 1.50. The van der Waals surface area contributed by atoms with Gasteiger partial charge >= 0.3 is 5.97 Å². The molecule has 0 spiro atoms. The van der Waals surface area contributed by atoms with Crippen molar-refractivity contribution in [1.82, 2.24) is 0 Å². The van der Waals surface area contributed by atoms with Crippen molar-refractivity contribution in [3.63, 3.8) is 0 Å². The molecule has 0 aliphatic rings. The zero-order valence-electron chi connectivity index (χ0n) is 9.70. The summed E-state index contributed by atoms with van der Waals surface area (Å²) < 4.78 is 15.0. The van der Waals surface area contributed by atoms with Crippen molar-refractivity contribution in [3.05, 3.63) is 24.2 Å². The molecule has 1 atom stereocenters. The Bertz CT molecular complexity index is 255. The lowest BCUT2D eigenvalue weighted by Gasteiger charge is -2.16. The minimum absolute atomic E-state index is 0.272. The van der Waals surface area contributed by atoms with Gasteiger partial charge in [0.2, 0.25) is 0 Å². The number of carbonyl (C=O) groups is 1. The molecule has 0 aliphatic heterocycles. The maximum atomic E-state index is 11.3. The minimum atomic E-state index is -0.463. The Labute approximate surface area is 90.5 Å². The molecule has 0 saturated carbocycles. The van der Waals surface area contributed by atoms with E-state index in [1.165, 1.54) is 7.11 Å². The molecule has 0 bridgehead atoms. The van der Waals surface area contributed by atoms with Gasteiger partial charge in [0, 0.05) is 0 Å². The van der Waals surface area contributed by atoms with Crippen molar-refractivity contribution >= 4 is 5.97 Å². The lowest BCUT2D eigenvalue weighted by molar-refractivity contribution is -0.140. The molecule has 0 fully saturated rings. The molecule has 0 rings (SSSR count). The van der Waals surface area contributed by atoms with Crippen LogP contribution in [0.5, 0.6) is 0 Å². The average molecular weight is 214 g/mol. The number of hydrogen-bond donors (Lipinski definition) is 0. The van der Waals surface area contributed by atoms with Crippen molar-refractivity contribution in [2.75, 3.05) is 13.7 Å². The first-order valence-electron chi connectivity index (χ1n) is 4.79. The monoisotopic (exact) mass is 214 g/mol. The molecule has 0 aromatic carbocycles. The van der Waals surface area contributed by atoms with Crippen molar-refractivity contribution in [2.24, 2.45) is 0 Å². The van der Waals surface area contributed by atoms with Crippen LogP contribution in [0.2, 0.25) is 0 Å². The number of allylic oxidation sites excluding steroid dienone is 1. The highest BCUT2D eigenvalue weighted by atomic mass is 16.7. The summed E-state index contributed by atoms with van der Waals surface area (Å²) in [6.07, 6.45) is 1.20. The molecular formula is C11H18O4. The highest BCUT2D eigenvalue weighted by Gasteiger charge is 2.18. The number of hydrogen-bond acceptors (Lipinski definition) is 4. The van der Waals surface area contributed by atoms with Gasteiger partial charge in [-0.25, -0.2) is 4.79 Å². The van der Waals surface area contributed by atoms with E-state index in [1.807, 2.05) is 0 Å². The van der Waals surface area contributed by atoms with Gasteiger partial charge in [-0.2, -0.15) is 0 Å². The lowest BCUT2D eigenvalue weighted by atomic mass is 10.2. The van der Waals surface area contributed by atoms with Crippen LogP contribution in [-0.4, -0.2) is 25.8 Å². The smallest absolute Gasteiger partial charge is 0.337 e. The van der Waals surface area contributed by atoms with Gasteiger partial charge in [-0.05, 0) is 26.8 Å². The van der Waals surface area contributed by atoms with Crippen LogP contribution in [0.3, 0.4) is 0 Å². The Kier molecular flexibility index (Phi) is 6.25. The summed E-state index contributed by atoms with van der Waals surface area (Å²) in [4.78, 5) is 11.3. The van der Waals surface area contributed by atoms with Crippen molar-refractivity contribution in [2.45, 2.75) is 26.9 Å². The van der Waals surface area contributed by atoms with E-state index in [2.05, 4.69) is 6.58 Å². The average Bonchev–Trinajstić information content (AvgIpc) is 2.24. The Hall–Kier alpha value is -1.45. The highest BCUT2D eigenvalue weighted by molar-refractivity contribution is 5.88. The second-order valence-corrected chi connectivity index (χ2v) is 2.82. The molecule has 1 unspecified atom stereocenters. The van der Waals surface area contributed by atoms with Gasteiger partial charge in [0.05, 0.1) is 19.3 Å². The van der Waals surface area contributed by atoms with Crippen LogP contribution < -0.4 is 0 Å². The van der Waals surface area contributed by atoms with E-state index in [0.29, 0.717) is 12.6 Å². The third kappa shape index (κ3) is 4.54. The van der Waals surface area contributed by atoms with Crippen LogP contribution in [0.4, 0.5) is 0 Å². The number of carbonyl (C=O) groups excluding carboxylic acids is 1. The number of methoxy groups -OCH3 is 1. The van der Waals surface area contributed by atoms with Crippen LogP contribution in [0.15, 0.2) is 24.2 Å². The molecule has 86 valence electrons. The zero-order valence-corrected chi connectivity index (χ0v) is 9.70. The largest absolute Gasteiger partial charge is 0.469 e. The Balaban J connectivity index is 4.26. The quantitative estimate of drug-likeness (QED) is 0.385. The van der Waals surface area contributed by atoms with Crippen molar-refractivity contribution < 1.29 is 19.0 Å². The summed E-state index contributed by atoms with van der Waals surface area (Å²) in [6.45, 7) is 9.16. The summed E-state index contributed by atoms with van der Waals surface area (Å²) in [5.74, 6) is -0.0931. The van der Waals surface area contributed by atoms with E-state index < -0.39 is 12.1 Å². The molecule has 0 heterocycles. The fourth-order valence-corrected chi connectivity index (χ4v) is 0.869. The molecule has 0 N–H and O–H groups in total. The number of esters is 1. The summed E-state index contributed by atoms with van der Waals surface area (Å²) in [5, 5.41) is 0. The third-order valence-corrected chi connectivity index (χ3v) is 1.76. The van der Waals surface area contributed by atoms with E-state index in [9.17, 15) is 4.79 Å². The molecular weight excluding hydrogens is 196 g/mol. The van der Waals surface area contributed by atoms with Gasteiger partial charge in [-0.15, -0.1) is 0 Å². The second-order valence-electron chi connectivity index (χ2n) is 2.82. The predicted molar refractivity (Wildman–Crippen MR) is 57.1 cm³/mol. The molecule has 0 saturated heterocycles. The van der Waals surface area contributed by atoms with Crippen LogP contribution >= 0.6 is 0 Å². The molecule has 0 aromatic heterocycles. The first-order valence-corrected chi connectivity index (χ1v) is 4.79. The maximum Gasteiger partial charge on any atom is 0.337 e. The molecule has 15 heavy (non-hydrogen) atoms. The lowest BCUT2D eigenvalue weighted by Crippen LogP contribution is -2.20. The highest BCUT2D eigenvalue weighted by Crippen LogP contribution is 2.11. The van der Waals surface area contributed by atoms with Gasteiger partial charge in [0.25, 0.3) is 5.95 Å². The zero-order chi connectivity index (χ0) is 11.8. The van der Waals surface area contributed by atoms with Crippen LogP contribution in [0, 0.1) is 0 Å². The Morgan fingerprint density at radius 2 is 2.13 bits per heavy atom. The Morgan fingerprint density at radius 3 is 2.53 bits per heavy atom. The number of ether oxygens (including phenoxy) is 3. The van der Waals surface area contributed by atoms with Crippen molar-refractivity contribution in [1.29, 1.82) is 0 Å². The topological polar surface area (TPSA) is 44.8 Å². The van der Waals surface area contributed by atoms with Gasteiger partial charge in [-0.3, -0.25) is 0 Å². The summed E-state index contributed by atoms with van der Waals surface area (Å²) in [6, 6.07) is 0. The first kappa shape index (κ1) is 13.5. The molecule has 0 aromatic rings. The van der Waals surface area contributed by atoms with E-state index in [0.717, 1.165) is 0 Å². The Morgan fingerprint density at radius 1 is 1.53 bits per heavy atom. The molecule has 0 radical (unpaired) electrons. The fraction of sp³-hybridized carbons (Fsp3) is 0.545. The second kappa shape index (κ2) is 6.92. The standard InChI is InChI=1S/C11H18O4/c1-6-10(13-5)15-9(4)8(3)11(12)14-7-2/h6,9H,3,7H2,1-2,4-5H3/b10-6-. The van der Waals surface area contributed by atoms with Gasteiger partial charge in [0.1, 0.15) is 6.10 Å². The van der Waals surface area contributed by atoms with E-state index >= 15 is 0 Å². The number of rotatable bonds is 6. The normalized spacial score (nSPS) is 12.9. The summed E-state index contributed by atoms with van der Waals surface area (Å²) in [5.41, 5.74) is 0.272. The van der Waals surface area contributed by atoms with Gasteiger partial charge in [-0.1, -0.05) is 6.58 Å². The maximum absolute atomic E-state index is 11.3. The summed E-state index contributed by atoms with van der Waals surface area (Å²) >= 11 is 0. The first-order chi connectivity index (χ1) is 7.06. The van der Waals surface area contributed by atoms with Crippen LogP contribution in [-0.2, 0) is 19.0 Å². The molecule has 0 aliphatic carbocycles. The fourth-order valence-electron chi connectivity index (χ4n) is 0.869. The van der Waals surface area contributed by atoms with E-state index in [-0.39, 0.29) is 5.57 Å². The molecule has 4 nitrogen and oxygen atoms in total. The van der Waals surface area contributed by atoms with Gasteiger partial charge < -0.3 is 14.2 Å². The van der Waals surface area contributed by atoms with E-state index in [4.69, 9.17) is 14.2 Å². The molecule has 4 heteroatoms. The van der Waals surface area contributed by atoms with Gasteiger partial charge in [0.15, 0.2) is 0 Å².